The fourth-order valence-electron chi connectivity index (χ4n) is 4.56. The van der Waals surface area contributed by atoms with E-state index < -0.39 is 0 Å². The average molecular weight is 439 g/mol. The Bertz CT molecular complexity index is 264. The first-order valence-corrected chi connectivity index (χ1v) is 14.8. The lowest BCUT2D eigenvalue weighted by Gasteiger charge is -2.05. The summed E-state index contributed by atoms with van der Waals surface area (Å²) in [6, 6.07) is 0. The summed E-state index contributed by atoms with van der Waals surface area (Å²) in [4.78, 5) is 0. The zero-order valence-corrected chi connectivity index (χ0v) is 21.9. The Hall–Kier alpha value is -0.0800. The van der Waals surface area contributed by atoms with E-state index >= 15 is 0 Å². The zero-order valence-electron chi connectivity index (χ0n) is 21.9. The molecular weight excluding hydrogens is 376 g/mol. The van der Waals surface area contributed by atoms with E-state index in [1.54, 1.807) is 0 Å². The highest BCUT2D eigenvalue weighted by atomic mass is 14.8. The quantitative estimate of drug-likeness (QED) is 0.119. The third kappa shape index (κ3) is 29.9. The second kappa shape index (κ2) is 29.9. The molecule has 31 heavy (non-hydrogen) atoms. The van der Waals surface area contributed by atoms with Gasteiger partial charge in [0.2, 0.25) is 0 Å². The van der Waals surface area contributed by atoms with Gasteiger partial charge in [0.05, 0.1) is 0 Å². The van der Waals surface area contributed by atoms with E-state index in [1.165, 1.54) is 161 Å². The smallest absolute Gasteiger partial charge is 0.00369 e. The highest BCUT2D eigenvalue weighted by molar-refractivity contribution is 4.53. The largest absolute Gasteiger partial charge is 0.330 e. The lowest BCUT2D eigenvalue weighted by molar-refractivity contribution is 0.515. The van der Waals surface area contributed by atoms with Crippen molar-refractivity contribution in [3.63, 3.8) is 0 Å². The summed E-state index contributed by atoms with van der Waals surface area (Å²) in [5.74, 6) is 0. The number of unbranched alkanes of at least 4 members (excludes halogenated alkanes) is 23. The number of nitrogens with two attached hydrogens (primary N) is 1. The lowest BCUT2D eigenvalue weighted by Crippen LogP contribution is -2.19. The van der Waals surface area contributed by atoms with Crippen LogP contribution < -0.4 is 11.1 Å². The Morgan fingerprint density at radius 1 is 0.355 bits per heavy atom. The van der Waals surface area contributed by atoms with Gasteiger partial charge in [0.1, 0.15) is 0 Å². The van der Waals surface area contributed by atoms with Crippen molar-refractivity contribution in [2.24, 2.45) is 5.73 Å². The van der Waals surface area contributed by atoms with E-state index in [0.29, 0.717) is 0 Å². The molecule has 0 aromatic heterocycles. The molecule has 0 amide bonds. The number of hydrogen-bond donors (Lipinski definition) is 2. The molecule has 0 aliphatic rings. The van der Waals surface area contributed by atoms with Crippen LogP contribution in [0, 0.1) is 0 Å². The third-order valence-corrected chi connectivity index (χ3v) is 6.76. The van der Waals surface area contributed by atoms with Crippen molar-refractivity contribution in [3.05, 3.63) is 0 Å². The van der Waals surface area contributed by atoms with Gasteiger partial charge < -0.3 is 11.1 Å². The molecule has 0 rings (SSSR count). The summed E-state index contributed by atoms with van der Waals surface area (Å²) in [6.45, 7) is 5.39. The third-order valence-electron chi connectivity index (χ3n) is 6.76. The van der Waals surface area contributed by atoms with Crippen molar-refractivity contribution in [1.29, 1.82) is 0 Å². The molecule has 0 bridgehead atoms. The fraction of sp³-hybridized carbons (Fsp3) is 1.00. The summed E-state index contributed by atoms with van der Waals surface area (Å²) < 4.78 is 0. The summed E-state index contributed by atoms with van der Waals surface area (Å²) in [7, 11) is 0. The predicted octanol–water partition coefficient (Wildman–Crippen LogP) is 9.31. The zero-order chi connectivity index (χ0) is 22.5. The Labute approximate surface area is 198 Å². The first kappa shape index (κ1) is 30.9. The molecule has 0 aromatic rings. The molecule has 0 spiro atoms. The molecule has 0 aliphatic carbocycles. The predicted molar refractivity (Wildman–Crippen MR) is 143 cm³/mol. The molecule has 2 nitrogen and oxygen atoms in total. The lowest BCUT2D eigenvalue weighted by atomic mass is 10.0. The number of rotatable bonds is 28. The summed E-state index contributed by atoms with van der Waals surface area (Å²) in [5, 5.41) is 3.47. The van der Waals surface area contributed by atoms with Crippen LogP contribution in [0.2, 0.25) is 0 Å². The van der Waals surface area contributed by atoms with Crippen LogP contribution in [0.1, 0.15) is 167 Å². The van der Waals surface area contributed by atoms with Crippen LogP contribution in [0.5, 0.6) is 0 Å². The minimum atomic E-state index is 0.812. The van der Waals surface area contributed by atoms with Crippen molar-refractivity contribution in [3.8, 4) is 0 Å². The van der Waals surface area contributed by atoms with Crippen molar-refractivity contribution >= 4 is 0 Å². The van der Waals surface area contributed by atoms with Crippen molar-refractivity contribution in [2.75, 3.05) is 19.6 Å². The molecule has 0 atom stereocenters. The van der Waals surface area contributed by atoms with Crippen LogP contribution >= 0.6 is 0 Å². The molecule has 0 heterocycles. The van der Waals surface area contributed by atoms with Gasteiger partial charge >= 0.3 is 0 Å². The first-order chi connectivity index (χ1) is 15.4. The summed E-state index contributed by atoms with van der Waals surface area (Å²) in [6.07, 6.45) is 36.1. The second-order valence-electron chi connectivity index (χ2n) is 10.0. The van der Waals surface area contributed by atoms with Gasteiger partial charge in [-0.15, -0.1) is 0 Å². The highest BCUT2D eigenvalue weighted by Gasteiger charge is 1.96. The molecule has 3 N–H and O–H groups in total. The van der Waals surface area contributed by atoms with Crippen LogP contribution in [-0.4, -0.2) is 19.6 Å². The maximum Gasteiger partial charge on any atom is -0.00369 e. The van der Waals surface area contributed by atoms with E-state index in [1.807, 2.05) is 0 Å². The molecule has 2 heteroatoms. The molecule has 0 aliphatic heterocycles. The van der Waals surface area contributed by atoms with E-state index in [0.717, 1.165) is 19.5 Å². The summed E-state index contributed by atoms with van der Waals surface area (Å²) in [5.41, 5.74) is 5.49. The van der Waals surface area contributed by atoms with Gasteiger partial charge in [0.25, 0.3) is 0 Å². The van der Waals surface area contributed by atoms with Crippen LogP contribution in [0.25, 0.3) is 0 Å². The molecular formula is C29H62N2. The van der Waals surface area contributed by atoms with Gasteiger partial charge in [-0.2, -0.15) is 0 Å². The molecule has 0 saturated carbocycles. The maximum absolute atomic E-state index is 5.49. The summed E-state index contributed by atoms with van der Waals surface area (Å²) >= 11 is 0. The van der Waals surface area contributed by atoms with E-state index in [4.69, 9.17) is 5.73 Å². The second-order valence-corrected chi connectivity index (χ2v) is 10.0. The first-order valence-electron chi connectivity index (χ1n) is 14.8. The van der Waals surface area contributed by atoms with Crippen LogP contribution in [0.3, 0.4) is 0 Å². The van der Waals surface area contributed by atoms with Gasteiger partial charge in [-0.1, -0.05) is 155 Å². The highest BCUT2D eigenvalue weighted by Crippen LogP contribution is 2.15. The number of hydrogen-bond acceptors (Lipinski definition) is 2. The van der Waals surface area contributed by atoms with Gasteiger partial charge in [0.15, 0.2) is 0 Å². The maximum atomic E-state index is 5.49. The van der Waals surface area contributed by atoms with Crippen molar-refractivity contribution in [1.82, 2.24) is 5.32 Å². The standard InChI is InChI=1S/C29H62N2/c1-2-3-4-5-6-7-8-9-10-11-12-13-14-15-16-17-18-19-20-21-22-23-24-25-28-31-29-26-27-30/h31H,2-30H2,1H3. The molecule has 0 fully saturated rings. The van der Waals surface area contributed by atoms with E-state index in [2.05, 4.69) is 12.2 Å². The minimum Gasteiger partial charge on any atom is -0.330 e. The average Bonchev–Trinajstić information content (AvgIpc) is 2.78. The monoisotopic (exact) mass is 438 g/mol. The molecule has 0 radical (unpaired) electrons. The van der Waals surface area contributed by atoms with Gasteiger partial charge in [-0.05, 0) is 32.5 Å². The van der Waals surface area contributed by atoms with Gasteiger partial charge in [-0.25, -0.2) is 0 Å². The number of nitrogens with one attached hydrogen (secondary N) is 1. The minimum absolute atomic E-state index is 0.812. The van der Waals surface area contributed by atoms with E-state index in [-0.39, 0.29) is 0 Å². The molecule has 0 aromatic carbocycles. The Balaban J connectivity index is 2.98. The molecule has 0 unspecified atom stereocenters. The van der Waals surface area contributed by atoms with Gasteiger partial charge in [0, 0.05) is 0 Å². The fourth-order valence-corrected chi connectivity index (χ4v) is 4.56. The normalized spacial score (nSPS) is 11.4. The Kier molecular flexibility index (Phi) is 29.8. The topological polar surface area (TPSA) is 38.0 Å². The Morgan fingerprint density at radius 2 is 0.613 bits per heavy atom. The van der Waals surface area contributed by atoms with E-state index in [9.17, 15) is 0 Å². The Morgan fingerprint density at radius 3 is 0.903 bits per heavy atom. The van der Waals surface area contributed by atoms with Crippen molar-refractivity contribution < 1.29 is 0 Å². The molecule has 0 saturated heterocycles. The van der Waals surface area contributed by atoms with Crippen LogP contribution in [0.4, 0.5) is 0 Å². The van der Waals surface area contributed by atoms with Crippen LogP contribution in [-0.2, 0) is 0 Å². The van der Waals surface area contributed by atoms with Gasteiger partial charge in [-0.3, -0.25) is 0 Å². The van der Waals surface area contributed by atoms with Crippen molar-refractivity contribution in [2.45, 2.75) is 167 Å². The van der Waals surface area contributed by atoms with Crippen LogP contribution in [0.15, 0.2) is 0 Å². The SMILES string of the molecule is CCCCCCCCCCCCCCCCCCCCCCCCCCNCCCN. The molecule has 188 valence electrons.